The average molecular weight is 443 g/mol. The number of guanidine groups is 1. The van der Waals surface area contributed by atoms with Gasteiger partial charge in [0, 0.05) is 24.1 Å². The van der Waals surface area contributed by atoms with Gasteiger partial charge >= 0.3 is 0 Å². The molecule has 0 saturated heterocycles. The third-order valence-corrected chi connectivity index (χ3v) is 3.49. The van der Waals surface area contributed by atoms with E-state index in [0.717, 1.165) is 30.0 Å². The highest BCUT2D eigenvalue weighted by molar-refractivity contribution is 14.0. The summed E-state index contributed by atoms with van der Waals surface area (Å²) in [5.41, 5.74) is 2.21. The molecule has 1 aliphatic rings. The number of nitrogens with one attached hydrogen (secondary N) is 2. The van der Waals surface area contributed by atoms with Crippen molar-refractivity contribution in [3.05, 3.63) is 23.3 Å². The van der Waals surface area contributed by atoms with Crippen LogP contribution >= 0.6 is 24.0 Å². The molecule has 0 saturated carbocycles. The monoisotopic (exact) mass is 443 g/mol. The van der Waals surface area contributed by atoms with Gasteiger partial charge in [-0.2, -0.15) is 0 Å². The lowest BCUT2D eigenvalue weighted by molar-refractivity contribution is 0.254. The van der Waals surface area contributed by atoms with Crippen LogP contribution in [0.3, 0.4) is 0 Å². The zero-order valence-electron chi connectivity index (χ0n) is 14.5. The van der Waals surface area contributed by atoms with Gasteiger partial charge in [-0.25, -0.2) is 4.99 Å². The highest BCUT2D eigenvalue weighted by Crippen LogP contribution is 2.35. The predicted molar refractivity (Wildman–Crippen MR) is 108 cm³/mol. The number of hydrogen-bond acceptors (Lipinski definition) is 3. The molecule has 0 aromatic heterocycles. The summed E-state index contributed by atoms with van der Waals surface area (Å²) in [5, 5.41) is 6.25. The summed E-state index contributed by atoms with van der Waals surface area (Å²) in [7, 11) is 0. The van der Waals surface area contributed by atoms with Crippen molar-refractivity contribution >= 4 is 29.9 Å². The van der Waals surface area contributed by atoms with Crippen LogP contribution in [0.15, 0.2) is 17.1 Å². The number of hydrogen-bond donors (Lipinski definition) is 2. The summed E-state index contributed by atoms with van der Waals surface area (Å²) in [4.78, 5) is 4.57. The molecule has 0 radical (unpaired) electrons. The minimum atomic E-state index is 0. The van der Waals surface area contributed by atoms with E-state index in [0.29, 0.717) is 25.7 Å². The first-order valence-electron chi connectivity index (χ1n) is 8.08. The first kappa shape index (κ1) is 20.4. The van der Waals surface area contributed by atoms with E-state index in [1.165, 1.54) is 5.56 Å². The van der Waals surface area contributed by atoms with E-state index in [2.05, 4.69) is 34.5 Å². The van der Waals surface area contributed by atoms with Gasteiger partial charge in [0.2, 0.25) is 0 Å². The lowest BCUT2D eigenvalue weighted by Crippen LogP contribution is -2.37. The first-order valence-corrected chi connectivity index (χ1v) is 8.08. The molecule has 2 rings (SSSR count). The molecule has 1 unspecified atom stereocenters. The number of aliphatic imine (C=N–C) groups is 1. The summed E-state index contributed by atoms with van der Waals surface area (Å²) >= 11 is 0. The molecule has 1 atom stereocenters. The summed E-state index contributed by atoms with van der Waals surface area (Å²) in [6.45, 7) is 8.42. The van der Waals surface area contributed by atoms with Gasteiger partial charge in [-0.3, -0.25) is 0 Å². The average Bonchev–Trinajstić information content (AvgIpc) is 2.89. The molecule has 0 spiro atoms. The minimum absolute atomic E-state index is 0. The Hall–Kier alpha value is -1.62. The molecule has 24 heavy (non-hydrogen) atoms. The van der Waals surface area contributed by atoms with Crippen LogP contribution in [0.2, 0.25) is 0 Å². The molecule has 0 amide bonds. The number of nitrogens with zero attached hydrogens (tertiary/aromatic N) is 1. The fourth-order valence-electron chi connectivity index (χ4n) is 2.54. The SMILES string of the molecule is C#CCNC(=NCc1cc2c(cc1OCC)CC(C)O2)NCC.I. The Morgan fingerprint density at radius 3 is 2.88 bits per heavy atom. The maximum absolute atomic E-state index is 5.84. The zero-order valence-corrected chi connectivity index (χ0v) is 16.8. The van der Waals surface area contributed by atoms with Gasteiger partial charge in [0.15, 0.2) is 5.96 Å². The molecule has 2 N–H and O–H groups in total. The number of halogens is 1. The molecule has 0 aliphatic carbocycles. The number of rotatable bonds is 6. The van der Waals surface area contributed by atoms with E-state index in [-0.39, 0.29) is 30.1 Å². The van der Waals surface area contributed by atoms with E-state index in [1.807, 2.05) is 19.9 Å². The molecule has 1 aliphatic heterocycles. The summed E-state index contributed by atoms with van der Waals surface area (Å²) in [6.07, 6.45) is 6.42. The maximum Gasteiger partial charge on any atom is 0.192 e. The van der Waals surface area contributed by atoms with Gasteiger partial charge in [0.1, 0.15) is 17.6 Å². The van der Waals surface area contributed by atoms with Crippen molar-refractivity contribution in [2.24, 2.45) is 4.99 Å². The van der Waals surface area contributed by atoms with E-state index < -0.39 is 0 Å². The Labute approximate surface area is 161 Å². The number of fused-ring (bicyclic) bond motifs is 1. The van der Waals surface area contributed by atoms with Crippen LogP contribution in [0.4, 0.5) is 0 Å². The van der Waals surface area contributed by atoms with Gasteiger partial charge in [0.05, 0.1) is 19.7 Å². The topological polar surface area (TPSA) is 54.9 Å². The Bertz CT molecular complexity index is 611. The highest BCUT2D eigenvalue weighted by atomic mass is 127. The van der Waals surface area contributed by atoms with Gasteiger partial charge < -0.3 is 20.1 Å². The van der Waals surface area contributed by atoms with Crippen molar-refractivity contribution in [1.29, 1.82) is 0 Å². The quantitative estimate of drug-likeness (QED) is 0.307. The maximum atomic E-state index is 5.84. The van der Waals surface area contributed by atoms with Crippen LogP contribution in [-0.2, 0) is 13.0 Å². The van der Waals surface area contributed by atoms with Crippen molar-refractivity contribution in [3.8, 4) is 23.8 Å². The van der Waals surface area contributed by atoms with E-state index in [1.54, 1.807) is 0 Å². The van der Waals surface area contributed by atoms with Crippen molar-refractivity contribution in [2.45, 2.75) is 39.8 Å². The summed E-state index contributed by atoms with van der Waals surface area (Å²) in [5.74, 6) is 5.06. The van der Waals surface area contributed by atoms with Gasteiger partial charge in [-0.1, -0.05) is 5.92 Å². The molecule has 1 heterocycles. The first-order chi connectivity index (χ1) is 11.2. The second kappa shape index (κ2) is 10.3. The Morgan fingerprint density at radius 2 is 2.21 bits per heavy atom. The lowest BCUT2D eigenvalue weighted by atomic mass is 10.1. The van der Waals surface area contributed by atoms with Crippen LogP contribution in [0, 0.1) is 12.3 Å². The highest BCUT2D eigenvalue weighted by Gasteiger charge is 2.21. The molecule has 132 valence electrons. The molecule has 6 heteroatoms. The Kier molecular flexibility index (Phi) is 8.76. The van der Waals surface area contributed by atoms with Crippen LogP contribution in [0.5, 0.6) is 11.5 Å². The van der Waals surface area contributed by atoms with Crippen molar-refractivity contribution < 1.29 is 9.47 Å². The number of ether oxygens (including phenoxy) is 2. The van der Waals surface area contributed by atoms with Crippen molar-refractivity contribution in [2.75, 3.05) is 19.7 Å². The molecular weight excluding hydrogens is 417 g/mol. The van der Waals surface area contributed by atoms with Gasteiger partial charge in [0.25, 0.3) is 0 Å². The van der Waals surface area contributed by atoms with Crippen LogP contribution in [-0.4, -0.2) is 31.8 Å². The van der Waals surface area contributed by atoms with Crippen LogP contribution in [0.1, 0.15) is 31.9 Å². The zero-order chi connectivity index (χ0) is 16.7. The third kappa shape index (κ3) is 5.48. The Balaban J connectivity index is 0.00000288. The molecule has 0 fully saturated rings. The van der Waals surface area contributed by atoms with E-state index in [9.17, 15) is 0 Å². The second-order valence-electron chi connectivity index (χ2n) is 5.39. The lowest BCUT2D eigenvalue weighted by Gasteiger charge is -2.13. The number of benzene rings is 1. The van der Waals surface area contributed by atoms with Crippen LogP contribution in [0.25, 0.3) is 0 Å². The molecule has 1 aromatic rings. The summed E-state index contributed by atoms with van der Waals surface area (Å²) in [6, 6.07) is 4.12. The number of terminal acetylenes is 1. The van der Waals surface area contributed by atoms with Crippen LogP contribution < -0.4 is 20.1 Å². The normalized spacial score (nSPS) is 15.6. The fourth-order valence-corrected chi connectivity index (χ4v) is 2.54. The van der Waals surface area contributed by atoms with Crippen molar-refractivity contribution in [1.82, 2.24) is 10.6 Å². The van der Waals surface area contributed by atoms with E-state index in [4.69, 9.17) is 15.9 Å². The fraction of sp³-hybridized carbons (Fsp3) is 0.500. The molecule has 1 aromatic carbocycles. The summed E-state index contributed by atoms with van der Waals surface area (Å²) < 4.78 is 11.6. The molecule has 5 nitrogen and oxygen atoms in total. The standard InChI is InChI=1S/C18H25N3O2.HI/c1-5-8-20-18(19-6-2)21-12-15-11-17-14(9-13(4)23-17)10-16(15)22-7-3;/h1,10-11,13H,6-9,12H2,2-4H3,(H2,19,20,21);1H. The van der Waals surface area contributed by atoms with Gasteiger partial charge in [-0.15, -0.1) is 30.4 Å². The largest absolute Gasteiger partial charge is 0.494 e. The minimum Gasteiger partial charge on any atom is -0.494 e. The molecule has 0 bridgehead atoms. The Morgan fingerprint density at radius 1 is 1.42 bits per heavy atom. The predicted octanol–water partition coefficient (Wildman–Crippen LogP) is 2.72. The van der Waals surface area contributed by atoms with Crippen molar-refractivity contribution in [3.63, 3.8) is 0 Å². The smallest absolute Gasteiger partial charge is 0.192 e. The third-order valence-electron chi connectivity index (χ3n) is 3.49. The second-order valence-corrected chi connectivity index (χ2v) is 5.39. The van der Waals surface area contributed by atoms with Gasteiger partial charge in [-0.05, 0) is 32.9 Å². The molecular formula is C18H26IN3O2. The van der Waals surface area contributed by atoms with E-state index >= 15 is 0 Å².